The van der Waals surface area contributed by atoms with Gasteiger partial charge in [-0.25, -0.2) is 0 Å². The number of rotatable bonds is 4. The maximum atomic E-state index is 10.2. The zero-order chi connectivity index (χ0) is 11.4. The largest absolute Gasteiger partial charge is 0.390 e. The first-order chi connectivity index (χ1) is 7.68. The number of hydrogen-bond acceptors (Lipinski definition) is 3. The van der Waals surface area contributed by atoms with Gasteiger partial charge in [-0.3, -0.25) is 0 Å². The van der Waals surface area contributed by atoms with Crippen LogP contribution in [0.2, 0.25) is 0 Å². The van der Waals surface area contributed by atoms with Gasteiger partial charge < -0.3 is 14.9 Å². The molecule has 16 heavy (non-hydrogen) atoms. The van der Waals surface area contributed by atoms with Crippen molar-refractivity contribution in [3.05, 3.63) is 0 Å². The fraction of sp³-hybridized carbons (Fsp3) is 1.00. The molecular formula is C13H26N2O. The quantitative estimate of drug-likeness (QED) is 0.783. The number of likely N-dealkylation sites (N-methyl/N-ethyl adjacent to an activating group) is 1. The number of hydrogen-bond donors (Lipinski definition) is 1. The molecule has 0 unspecified atom stereocenters. The third-order valence-corrected chi connectivity index (χ3v) is 4.25. The van der Waals surface area contributed by atoms with Crippen molar-refractivity contribution in [3.63, 3.8) is 0 Å². The van der Waals surface area contributed by atoms with E-state index in [1.807, 2.05) is 0 Å². The molecule has 0 bridgehead atoms. The van der Waals surface area contributed by atoms with Crippen molar-refractivity contribution in [2.75, 3.05) is 39.8 Å². The van der Waals surface area contributed by atoms with E-state index in [2.05, 4.69) is 16.8 Å². The van der Waals surface area contributed by atoms with Crippen LogP contribution >= 0.6 is 0 Å². The summed E-state index contributed by atoms with van der Waals surface area (Å²) >= 11 is 0. The molecule has 0 spiro atoms. The van der Waals surface area contributed by atoms with Crippen LogP contribution in [0.25, 0.3) is 0 Å². The van der Waals surface area contributed by atoms with Gasteiger partial charge in [-0.15, -0.1) is 0 Å². The first-order valence-corrected chi connectivity index (χ1v) is 6.81. The van der Waals surface area contributed by atoms with E-state index in [1.54, 1.807) is 0 Å². The van der Waals surface area contributed by atoms with Gasteiger partial charge in [0.15, 0.2) is 0 Å². The van der Waals surface area contributed by atoms with E-state index in [4.69, 9.17) is 0 Å². The molecule has 2 rings (SSSR count). The lowest BCUT2D eigenvalue weighted by Gasteiger charge is -2.33. The Bertz CT molecular complexity index is 206. The van der Waals surface area contributed by atoms with Gasteiger partial charge in [0.2, 0.25) is 0 Å². The summed E-state index contributed by atoms with van der Waals surface area (Å²) < 4.78 is 0. The van der Waals surface area contributed by atoms with Crippen LogP contribution in [0.1, 0.15) is 38.5 Å². The molecule has 0 aromatic heterocycles. The molecule has 0 radical (unpaired) electrons. The summed E-state index contributed by atoms with van der Waals surface area (Å²) in [7, 11) is 2.19. The second-order valence-electron chi connectivity index (χ2n) is 5.68. The van der Waals surface area contributed by atoms with Gasteiger partial charge in [-0.05, 0) is 39.3 Å². The van der Waals surface area contributed by atoms with Crippen LogP contribution in [0.5, 0.6) is 0 Å². The highest BCUT2D eigenvalue weighted by molar-refractivity contribution is 4.84. The second-order valence-corrected chi connectivity index (χ2v) is 5.68. The SMILES string of the molecule is CN1CCN(CCCC2(O)CCCC2)CC1. The first-order valence-electron chi connectivity index (χ1n) is 6.81. The Hall–Kier alpha value is -0.120. The standard InChI is InChI=1S/C13H26N2O/c1-14-9-11-15(12-10-14)8-4-7-13(16)5-2-3-6-13/h16H,2-12H2,1H3. The van der Waals surface area contributed by atoms with Crippen molar-refractivity contribution in [1.82, 2.24) is 9.80 Å². The maximum absolute atomic E-state index is 10.2. The number of piperazine rings is 1. The van der Waals surface area contributed by atoms with Gasteiger partial charge in [-0.2, -0.15) is 0 Å². The van der Waals surface area contributed by atoms with Crippen molar-refractivity contribution >= 4 is 0 Å². The topological polar surface area (TPSA) is 26.7 Å². The smallest absolute Gasteiger partial charge is 0.0648 e. The minimum absolute atomic E-state index is 0.299. The molecule has 1 aliphatic carbocycles. The molecule has 1 N–H and O–H groups in total. The maximum Gasteiger partial charge on any atom is 0.0648 e. The van der Waals surface area contributed by atoms with Crippen molar-refractivity contribution in [2.45, 2.75) is 44.1 Å². The van der Waals surface area contributed by atoms with Crippen LogP contribution in [-0.4, -0.2) is 60.3 Å². The predicted molar refractivity (Wildman–Crippen MR) is 66.6 cm³/mol. The Morgan fingerprint density at radius 2 is 1.69 bits per heavy atom. The lowest BCUT2D eigenvalue weighted by Crippen LogP contribution is -2.44. The molecule has 0 aromatic carbocycles. The lowest BCUT2D eigenvalue weighted by molar-refractivity contribution is 0.0322. The Morgan fingerprint density at radius 3 is 2.31 bits per heavy atom. The van der Waals surface area contributed by atoms with Gasteiger partial charge >= 0.3 is 0 Å². The highest BCUT2D eigenvalue weighted by Crippen LogP contribution is 2.33. The van der Waals surface area contributed by atoms with Crippen LogP contribution in [0.15, 0.2) is 0 Å². The second kappa shape index (κ2) is 5.48. The molecule has 0 aromatic rings. The molecule has 3 nitrogen and oxygen atoms in total. The van der Waals surface area contributed by atoms with Gasteiger partial charge in [0, 0.05) is 26.2 Å². The van der Waals surface area contributed by atoms with Crippen molar-refractivity contribution in [3.8, 4) is 0 Å². The van der Waals surface area contributed by atoms with Crippen molar-refractivity contribution < 1.29 is 5.11 Å². The summed E-state index contributed by atoms with van der Waals surface area (Å²) in [6, 6.07) is 0. The highest BCUT2D eigenvalue weighted by Gasteiger charge is 2.30. The van der Waals surface area contributed by atoms with Crippen molar-refractivity contribution in [1.29, 1.82) is 0 Å². The van der Waals surface area contributed by atoms with Crippen LogP contribution in [0.3, 0.4) is 0 Å². The first kappa shape index (κ1) is 12.3. The molecule has 2 fully saturated rings. The fourth-order valence-corrected chi connectivity index (χ4v) is 2.99. The summed E-state index contributed by atoms with van der Waals surface area (Å²) in [4.78, 5) is 4.93. The highest BCUT2D eigenvalue weighted by atomic mass is 16.3. The summed E-state index contributed by atoms with van der Waals surface area (Å²) in [6.45, 7) is 5.98. The average molecular weight is 226 g/mol. The Morgan fingerprint density at radius 1 is 1.06 bits per heavy atom. The monoisotopic (exact) mass is 226 g/mol. The Labute approximate surface area is 99.4 Å². The van der Waals surface area contributed by atoms with E-state index < -0.39 is 0 Å². The van der Waals surface area contributed by atoms with Crippen LogP contribution in [-0.2, 0) is 0 Å². The van der Waals surface area contributed by atoms with E-state index in [9.17, 15) is 5.11 Å². The molecule has 1 saturated heterocycles. The summed E-state index contributed by atoms with van der Waals surface area (Å²) in [5.41, 5.74) is -0.299. The molecule has 1 aliphatic heterocycles. The molecule has 0 amide bonds. The van der Waals surface area contributed by atoms with Crippen LogP contribution in [0, 0.1) is 0 Å². The summed E-state index contributed by atoms with van der Waals surface area (Å²) in [5, 5.41) is 10.2. The van der Waals surface area contributed by atoms with Gasteiger partial charge in [0.25, 0.3) is 0 Å². The minimum Gasteiger partial charge on any atom is -0.390 e. The predicted octanol–water partition coefficient (Wildman–Crippen LogP) is 1.32. The average Bonchev–Trinajstić information content (AvgIpc) is 2.69. The van der Waals surface area contributed by atoms with E-state index in [-0.39, 0.29) is 5.60 Å². The summed E-state index contributed by atoms with van der Waals surface area (Å²) in [5.74, 6) is 0. The molecule has 94 valence electrons. The van der Waals surface area contributed by atoms with E-state index in [0.717, 1.165) is 19.3 Å². The Kier molecular flexibility index (Phi) is 4.22. The van der Waals surface area contributed by atoms with E-state index in [1.165, 1.54) is 52.0 Å². The molecule has 0 atom stereocenters. The van der Waals surface area contributed by atoms with E-state index >= 15 is 0 Å². The Balaban J connectivity index is 1.61. The van der Waals surface area contributed by atoms with Crippen molar-refractivity contribution in [2.24, 2.45) is 0 Å². The van der Waals surface area contributed by atoms with Gasteiger partial charge in [0.05, 0.1) is 5.60 Å². The fourth-order valence-electron chi connectivity index (χ4n) is 2.99. The molecule has 2 aliphatic rings. The normalized spacial score (nSPS) is 27.4. The van der Waals surface area contributed by atoms with Gasteiger partial charge in [-0.1, -0.05) is 12.8 Å². The number of aliphatic hydroxyl groups is 1. The van der Waals surface area contributed by atoms with Gasteiger partial charge in [0.1, 0.15) is 0 Å². The molecule has 1 heterocycles. The third kappa shape index (κ3) is 3.44. The lowest BCUT2D eigenvalue weighted by atomic mass is 9.96. The molecule has 3 heteroatoms. The molecule has 1 saturated carbocycles. The minimum atomic E-state index is -0.299. The third-order valence-electron chi connectivity index (χ3n) is 4.25. The number of nitrogens with zero attached hydrogens (tertiary/aromatic N) is 2. The zero-order valence-electron chi connectivity index (χ0n) is 10.6. The zero-order valence-corrected chi connectivity index (χ0v) is 10.6. The molecular weight excluding hydrogens is 200 g/mol. The van der Waals surface area contributed by atoms with E-state index in [0.29, 0.717) is 0 Å². The summed E-state index contributed by atoms with van der Waals surface area (Å²) in [6.07, 6.45) is 6.71. The van der Waals surface area contributed by atoms with Crippen LogP contribution < -0.4 is 0 Å². The van der Waals surface area contributed by atoms with Crippen LogP contribution in [0.4, 0.5) is 0 Å².